The molecule has 0 saturated heterocycles. The van der Waals surface area contributed by atoms with Crippen molar-refractivity contribution >= 4 is 28.1 Å². The van der Waals surface area contributed by atoms with Crippen molar-refractivity contribution in [1.82, 2.24) is 4.98 Å². The highest BCUT2D eigenvalue weighted by Crippen LogP contribution is 2.25. The topological polar surface area (TPSA) is 77.2 Å². The number of rotatable bonds is 4. The largest absolute Gasteiger partial charge is 0.490 e. The van der Waals surface area contributed by atoms with Crippen LogP contribution in [0.2, 0.25) is 0 Å². The lowest BCUT2D eigenvalue weighted by molar-refractivity contribution is 0.102. The summed E-state index contributed by atoms with van der Waals surface area (Å²) in [6.45, 7) is 0. The molecule has 6 heteroatoms. The predicted molar refractivity (Wildman–Crippen MR) is 83.8 cm³/mol. The van der Waals surface area contributed by atoms with Gasteiger partial charge in [0.1, 0.15) is 11.4 Å². The number of aromatic nitrogens is 1. The zero-order valence-electron chi connectivity index (χ0n) is 11.5. The maximum absolute atomic E-state index is 11.9. The second-order valence-electron chi connectivity index (χ2n) is 5.07. The van der Waals surface area contributed by atoms with Gasteiger partial charge in [-0.3, -0.25) is 4.79 Å². The number of nitrogens with zero attached hydrogens (tertiary/aromatic N) is 1. The van der Waals surface area contributed by atoms with Gasteiger partial charge in [0.15, 0.2) is 5.13 Å². The molecule has 1 saturated carbocycles. The van der Waals surface area contributed by atoms with Gasteiger partial charge in [-0.15, -0.1) is 11.3 Å². The van der Waals surface area contributed by atoms with Crippen molar-refractivity contribution in [2.45, 2.75) is 31.8 Å². The molecule has 2 aromatic rings. The molecule has 0 bridgehead atoms. The highest BCUT2D eigenvalue weighted by molar-refractivity contribution is 7.13. The zero-order chi connectivity index (χ0) is 14.7. The number of hydrogen-bond acceptors (Lipinski definition) is 5. The summed E-state index contributed by atoms with van der Waals surface area (Å²) in [6, 6.07) is 7.42. The van der Waals surface area contributed by atoms with Gasteiger partial charge in [0, 0.05) is 11.1 Å². The predicted octanol–water partition coefficient (Wildman–Crippen LogP) is 3.30. The van der Waals surface area contributed by atoms with E-state index >= 15 is 0 Å². The number of carbonyl (C=O) groups is 1. The van der Waals surface area contributed by atoms with Crippen molar-refractivity contribution in [2.24, 2.45) is 0 Å². The fourth-order valence-electron chi connectivity index (χ4n) is 2.40. The van der Waals surface area contributed by atoms with E-state index in [1.807, 2.05) is 24.3 Å². The minimum absolute atomic E-state index is 0.257. The van der Waals surface area contributed by atoms with E-state index in [1.54, 1.807) is 5.38 Å². The average molecular weight is 303 g/mol. The number of benzene rings is 1. The van der Waals surface area contributed by atoms with Crippen LogP contribution in [0.1, 0.15) is 36.2 Å². The molecule has 1 fully saturated rings. The Hall–Kier alpha value is -2.08. The second kappa shape index (κ2) is 6.13. The molecule has 1 amide bonds. The van der Waals surface area contributed by atoms with E-state index in [0.29, 0.717) is 22.6 Å². The van der Waals surface area contributed by atoms with E-state index in [4.69, 9.17) is 10.5 Å². The Labute approximate surface area is 127 Å². The summed E-state index contributed by atoms with van der Waals surface area (Å²) in [5.41, 5.74) is 6.57. The van der Waals surface area contributed by atoms with Crippen molar-refractivity contribution in [3.8, 4) is 5.75 Å². The SMILES string of the molecule is Nc1nc(C(=O)Nc2ccc(OC3CCCC3)cc2)cs1. The fraction of sp³-hybridized carbons (Fsp3) is 0.333. The summed E-state index contributed by atoms with van der Waals surface area (Å²) in [4.78, 5) is 15.9. The Balaban J connectivity index is 1.60. The first-order valence-electron chi connectivity index (χ1n) is 7.00. The standard InChI is InChI=1S/C15H17N3O2S/c16-15-18-13(9-21-15)14(19)17-10-5-7-12(8-6-10)20-11-3-1-2-4-11/h5-9,11H,1-4H2,(H2,16,18)(H,17,19). The van der Waals surface area contributed by atoms with Gasteiger partial charge in [-0.25, -0.2) is 4.98 Å². The van der Waals surface area contributed by atoms with Crippen LogP contribution >= 0.6 is 11.3 Å². The highest BCUT2D eigenvalue weighted by Gasteiger charge is 2.16. The maximum atomic E-state index is 11.9. The fourth-order valence-corrected chi connectivity index (χ4v) is 2.95. The van der Waals surface area contributed by atoms with Gasteiger partial charge in [-0.2, -0.15) is 0 Å². The molecule has 0 aliphatic heterocycles. The number of carbonyl (C=O) groups excluding carboxylic acids is 1. The van der Waals surface area contributed by atoms with Crippen LogP contribution in [0.25, 0.3) is 0 Å². The summed E-state index contributed by atoms with van der Waals surface area (Å²) in [5, 5.41) is 4.82. The van der Waals surface area contributed by atoms with Crippen LogP contribution in [0.4, 0.5) is 10.8 Å². The molecule has 0 unspecified atom stereocenters. The van der Waals surface area contributed by atoms with E-state index in [1.165, 1.54) is 24.2 Å². The number of ether oxygens (including phenoxy) is 1. The normalized spacial score (nSPS) is 15.0. The molecule has 0 spiro atoms. The van der Waals surface area contributed by atoms with Crippen LogP contribution < -0.4 is 15.8 Å². The van der Waals surface area contributed by atoms with Crippen LogP contribution in [0, 0.1) is 0 Å². The highest BCUT2D eigenvalue weighted by atomic mass is 32.1. The average Bonchev–Trinajstić information content (AvgIpc) is 3.12. The Morgan fingerprint density at radius 1 is 1.29 bits per heavy atom. The van der Waals surface area contributed by atoms with Gasteiger partial charge in [0.2, 0.25) is 0 Å². The molecule has 1 aromatic heterocycles. The molecule has 0 radical (unpaired) electrons. The van der Waals surface area contributed by atoms with Gasteiger partial charge in [-0.1, -0.05) is 0 Å². The Morgan fingerprint density at radius 3 is 2.62 bits per heavy atom. The first-order chi connectivity index (χ1) is 10.2. The number of nitrogen functional groups attached to an aromatic ring is 1. The van der Waals surface area contributed by atoms with Gasteiger partial charge >= 0.3 is 0 Å². The van der Waals surface area contributed by atoms with Crippen molar-refractivity contribution in [3.63, 3.8) is 0 Å². The van der Waals surface area contributed by atoms with Gasteiger partial charge in [0.25, 0.3) is 5.91 Å². The molecule has 1 aliphatic carbocycles. The molecule has 1 heterocycles. The molecule has 1 aromatic carbocycles. The van der Waals surface area contributed by atoms with Gasteiger partial charge < -0.3 is 15.8 Å². The van der Waals surface area contributed by atoms with Crippen LogP contribution in [0.15, 0.2) is 29.6 Å². The summed E-state index contributed by atoms with van der Waals surface area (Å²) >= 11 is 1.25. The third-order valence-corrected chi connectivity index (χ3v) is 4.15. The van der Waals surface area contributed by atoms with Crippen molar-refractivity contribution in [1.29, 1.82) is 0 Å². The molecule has 1 aliphatic rings. The molecule has 110 valence electrons. The summed E-state index contributed by atoms with van der Waals surface area (Å²) in [5.74, 6) is 0.588. The maximum Gasteiger partial charge on any atom is 0.275 e. The Bertz CT molecular complexity index is 618. The lowest BCUT2D eigenvalue weighted by Crippen LogP contribution is -2.13. The molecular formula is C15H17N3O2S. The smallest absolute Gasteiger partial charge is 0.275 e. The number of hydrogen-bond donors (Lipinski definition) is 2. The zero-order valence-corrected chi connectivity index (χ0v) is 12.4. The van der Waals surface area contributed by atoms with E-state index in [-0.39, 0.29) is 5.91 Å². The quantitative estimate of drug-likeness (QED) is 0.908. The van der Waals surface area contributed by atoms with Crippen molar-refractivity contribution in [2.75, 3.05) is 11.1 Å². The molecule has 3 N–H and O–H groups in total. The monoisotopic (exact) mass is 303 g/mol. The van der Waals surface area contributed by atoms with E-state index in [9.17, 15) is 4.79 Å². The number of nitrogens with one attached hydrogen (secondary N) is 1. The lowest BCUT2D eigenvalue weighted by Gasteiger charge is -2.13. The molecule has 0 atom stereocenters. The first kappa shape index (κ1) is 13.9. The molecule has 21 heavy (non-hydrogen) atoms. The number of thiazole rings is 1. The third-order valence-electron chi connectivity index (χ3n) is 3.47. The van der Waals surface area contributed by atoms with E-state index in [0.717, 1.165) is 18.6 Å². The molecule has 3 rings (SSSR count). The molecule has 5 nitrogen and oxygen atoms in total. The number of nitrogens with two attached hydrogens (primary N) is 1. The van der Waals surface area contributed by atoms with Crippen LogP contribution in [0.3, 0.4) is 0 Å². The van der Waals surface area contributed by atoms with Crippen molar-refractivity contribution in [3.05, 3.63) is 35.3 Å². The number of anilines is 2. The van der Waals surface area contributed by atoms with Gasteiger partial charge in [-0.05, 0) is 49.9 Å². The summed E-state index contributed by atoms with van der Waals surface area (Å²) in [6.07, 6.45) is 5.09. The minimum Gasteiger partial charge on any atom is -0.490 e. The summed E-state index contributed by atoms with van der Waals surface area (Å²) < 4.78 is 5.88. The molecular weight excluding hydrogens is 286 g/mol. The third kappa shape index (κ3) is 3.52. The van der Waals surface area contributed by atoms with E-state index < -0.39 is 0 Å². The van der Waals surface area contributed by atoms with Crippen molar-refractivity contribution < 1.29 is 9.53 Å². The Morgan fingerprint density at radius 2 is 2.00 bits per heavy atom. The first-order valence-corrected chi connectivity index (χ1v) is 7.88. The minimum atomic E-state index is -0.257. The van der Waals surface area contributed by atoms with E-state index in [2.05, 4.69) is 10.3 Å². The van der Waals surface area contributed by atoms with Gasteiger partial charge in [0.05, 0.1) is 6.10 Å². The second-order valence-corrected chi connectivity index (χ2v) is 5.96. The van der Waals surface area contributed by atoms with Crippen LogP contribution in [0.5, 0.6) is 5.75 Å². The number of amides is 1. The Kier molecular flexibility index (Phi) is 4.06. The van der Waals surface area contributed by atoms with Crippen LogP contribution in [-0.2, 0) is 0 Å². The summed E-state index contributed by atoms with van der Waals surface area (Å²) in [7, 11) is 0. The van der Waals surface area contributed by atoms with Crippen LogP contribution in [-0.4, -0.2) is 17.0 Å². The lowest BCUT2D eigenvalue weighted by atomic mass is 10.2.